The molecule has 22 heavy (non-hydrogen) atoms. The van der Waals surface area contributed by atoms with Gasteiger partial charge in [-0.1, -0.05) is 12.1 Å². The van der Waals surface area contributed by atoms with Crippen LogP contribution in [0, 0.1) is 6.92 Å². The molecule has 2 aromatic rings. The maximum atomic E-state index is 13.3. The average Bonchev–Trinajstić information content (AvgIpc) is 2.98. The van der Waals surface area contributed by atoms with Crippen molar-refractivity contribution in [3.63, 3.8) is 0 Å². The molecule has 0 bridgehead atoms. The number of pyridine rings is 1. The third kappa shape index (κ3) is 2.28. The first-order chi connectivity index (χ1) is 10.8. The summed E-state index contributed by atoms with van der Waals surface area (Å²) in [4.78, 5) is 5.19. The molecule has 116 valence electrons. The zero-order chi connectivity index (χ0) is 15.1. The van der Waals surface area contributed by atoms with Gasteiger partial charge < -0.3 is 5.32 Å². The molecule has 2 aliphatic heterocycles. The molecule has 3 atom stereocenters. The van der Waals surface area contributed by atoms with Gasteiger partial charge in [-0.3, -0.25) is 4.98 Å². The molecule has 0 amide bonds. The highest BCUT2D eigenvalue weighted by Crippen LogP contribution is 2.32. The molecule has 2 fully saturated rings. The Bertz CT molecular complexity index is 728. The van der Waals surface area contributed by atoms with Crippen LogP contribution in [0.2, 0.25) is 0 Å². The summed E-state index contributed by atoms with van der Waals surface area (Å²) in [6.07, 6.45) is 7.14. The van der Waals surface area contributed by atoms with E-state index in [0.29, 0.717) is 12.1 Å². The predicted molar refractivity (Wildman–Crippen MR) is 89.0 cm³/mol. The molecule has 1 aromatic carbocycles. The molecular weight excluding hydrogens is 294 g/mol. The van der Waals surface area contributed by atoms with E-state index in [1.54, 1.807) is 0 Å². The summed E-state index contributed by atoms with van der Waals surface area (Å²) in [5.41, 5.74) is 1.10. The quantitative estimate of drug-likeness (QED) is 0.925. The van der Waals surface area contributed by atoms with Crippen molar-refractivity contribution in [2.24, 2.45) is 0 Å². The van der Waals surface area contributed by atoms with Crippen molar-refractivity contribution in [2.75, 3.05) is 13.1 Å². The first kappa shape index (κ1) is 14.3. The fourth-order valence-electron chi connectivity index (χ4n) is 3.86. The second-order valence-corrected chi connectivity index (χ2v) is 7.67. The van der Waals surface area contributed by atoms with E-state index >= 15 is 0 Å². The second kappa shape index (κ2) is 5.72. The molecule has 0 aliphatic carbocycles. The SMILES string of the molecule is Cc1cncc2cccc(S(=O)N3CCC4NCCCC43)c12. The van der Waals surface area contributed by atoms with E-state index < -0.39 is 11.0 Å². The minimum atomic E-state index is -1.10. The highest BCUT2D eigenvalue weighted by atomic mass is 32.2. The zero-order valence-electron chi connectivity index (χ0n) is 12.8. The number of fused-ring (bicyclic) bond motifs is 2. The van der Waals surface area contributed by atoms with Gasteiger partial charge in [0, 0.05) is 41.8 Å². The normalized spacial score (nSPS) is 27.0. The van der Waals surface area contributed by atoms with Gasteiger partial charge >= 0.3 is 0 Å². The molecule has 0 spiro atoms. The zero-order valence-corrected chi connectivity index (χ0v) is 13.6. The third-order valence-electron chi connectivity index (χ3n) is 4.91. The molecule has 1 N–H and O–H groups in total. The summed E-state index contributed by atoms with van der Waals surface area (Å²) in [5.74, 6) is 0. The number of hydrogen-bond acceptors (Lipinski definition) is 3. The van der Waals surface area contributed by atoms with Gasteiger partial charge in [-0.2, -0.15) is 0 Å². The fourth-order valence-corrected chi connectivity index (χ4v) is 5.53. The maximum Gasteiger partial charge on any atom is 0.128 e. The summed E-state index contributed by atoms with van der Waals surface area (Å²) in [5, 5.41) is 5.75. The predicted octanol–water partition coefficient (Wildman–Crippen LogP) is 2.39. The van der Waals surface area contributed by atoms with Gasteiger partial charge in [0.1, 0.15) is 11.0 Å². The van der Waals surface area contributed by atoms with Gasteiger partial charge in [-0.25, -0.2) is 8.51 Å². The van der Waals surface area contributed by atoms with Crippen LogP contribution in [0.1, 0.15) is 24.8 Å². The molecular formula is C17H21N3OS. The summed E-state index contributed by atoms with van der Waals surface area (Å²) >= 11 is 0. The topological polar surface area (TPSA) is 45.2 Å². The Kier molecular flexibility index (Phi) is 3.72. The highest BCUT2D eigenvalue weighted by molar-refractivity contribution is 7.83. The van der Waals surface area contributed by atoms with E-state index in [2.05, 4.69) is 14.6 Å². The van der Waals surface area contributed by atoms with Crippen molar-refractivity contribution in [1.29, 1.82) is 0 Å². The lowest BCUT2D eigenvalue weighted by Crippen LogP contribution is -2.47. The maximum absolute atomic E-state index is 13.3. The summed E-state index contributed by atoms with van der Waals surface area (Å²) in [6.45, 7) is 4.06. The van der Waals surface area contributed by atoms with Crippen LogP contribution in [-0.4, -0.2) is 38.7 Å². The van der Waals surface area contributed by atoms with Crippen molar-refractivity contribution in [3.05, 3.63) is 36.2 Å². The summed E-state index contributed by atoms with van der Waals surface area (Å²) in [6, 6.07) is 6.96. The van der Waals surface area contributed by atoms with Crippen LogP contribution < -0.4 is 5.32 Å². The number of piperidine rings is 1. The van der Waals surface area contributed by atoms with Crippen LogP contribution in [0.15, 0.2) is 35.5 Å². The van der Waals surface area contributed by atoms with Gasteiger partial charge in [-0.15, -0.1) is 0 Å². The van der Waals surface area contributed by atoms with Crippen molar-refractivity contribution < 1.29 is 4.21 Å². The average molecular weight is 315 g/mol. The molecule has 4 nitrogen and oxygen atoms in total. The molecule has 0 radical (unpaired) electrons. The van der Waals surface area contributed by atoms with Gasteiger partial charge in [0.25, 0.3) is 0 Å². The van der Waals surface area contributed by atoms with Crippen LogP contribution in [0.5, 0.6) is 0 Å². The van der Waals surface area contributed by atoms with Crippen molar-refractivity contribution in [3.8, 4) is 0 Å². The molecule has 3 heterocycles. The molecule has 3 unspecified atom stereocenters. The summed E-state index contributed by atoms with van der Waals surface area (Å²) in [7, 11) is -1.10. The standard InChI is InChI=1S/C17H21N3OS/c1-12-10-18-11-13-4-2-6-16(17(12)13)22(21)20-9-7-14-15(20)5-3-8-19-14/h2,4,6,10-11,14-15,19H,3,5,7-9H2,1H3. The Balaban J connectivity index is 1.74. The molecule has 2 saturated heterocycles. The monoisotopic (exact) mass is 315 g/mol. The second-order valence-electron chi connectivity index (χ2n) is 6.26. The van der Waals surface area contributed by atoms with Crippen molar-refractivity contribution in [2.45, 2.75) is 43.2 Å². The van der Waals surface area contributed by atoms with E-state index in [-0.39, 0.29) is 0 Å². The minimum absolute atomic E-state index is 0.409. The van der Waals surface area contributed by atoms with Crippen LogP contribution in [0.4, 0.5) is 0 Å². The van der Waals surface area contributed by atoms with E-state index in [0.717, 1.165) is 47.2 Å². The number of hydrogen-bond donors (Lipinski definition) is 1. The molecule has 2 aliphatic rings. The van der Waals surface area contributed by atoms with Crippen LogP contribution in [-0.2, 0) is 11.0 Å². The number of rotatable bonds is 2. The van der Waals surface area contributed by atoms with Crippen LogP contribution >= 0.6 is 0 Å². The Morgan fingerprint density at radius 3 is 3.14 bits per heavy atom. The van der Waals surface area contributed by atoms with Crippen molar-refractivity contribution >= 4 is 21.8 Å². The number of aromatic nitrogens is 1. The van der Waals surface area contributed by atoms with E-state index in [4.69, 9.17) is 0 Å². The lowest BCUT2D eigenvalue weighted by molar-refractivity contribution is 0.298. The van der Waals surface area contributed by atoms with Gasteiger partial charge in [-0.05, 0) is 44.4 Å². The highest BCUT2D eigenvalue weighted by Gasteiger charge is 2.39. The minimum Gasteiger partial charge on any atom is -0.312 e. The fraction of sp³-hybridized carbons (Fsp3) is 0.471. The van der Waals surface area contributed by atoms with E-state index in [1.165, 1.54) is 6.42 Å². The largest absolute Gasteiger partial charge is 0.312 e. The number of benzene rings is 1. The number of nitrogens with zero attached hydrogens (tertiary/aromatic N) is 2. The first-order valence-corrected chi connectivity index (χ1v) is 9.11. The third-order valence-corrected chi connectivity index (χ3v) is 6.51. The Labute approximate surface area is 133 Å². The lowest BCUT2D eigenvalue weighted by atomic mass is 10.0. The molecule has 1 aromatic heterocycles. The smallest absolute Gasteiger partial charge is 0.128 e. The summed E-state index contributed by atoms with van der Waals surface area (Å²) < 4.78 is 15.5. The van der Waals surface area contributed by atoms with E-state index in [1.807, 2.05) is 37.5 Å². The molecule has 4 rings (SSSR count). The number of aryl methyl sites for hydroxylation is 1. The number of nitrogens with one attached hydrogen (secondary N) is 1. The molecule has 5 heteroatoms. The van der Waals surface area contributed by atoms with Gasteiger partial charge in [0.2, 0.25) is 0 Å². The lowest BCUT2D eigenvalue weighted by Gasteiger charge is -2.31. The van der Waals surface area contributed by atoms with Crippen molar-refractivity contribution in [1.82, 2.24) is 14.6 Å². The van der Waals surface area contributed by atoms with Gasteiger partial charge in [0.05, 0.1) is 4.90 Å². The van der Waals surface area contributed by atoms with Crippen LogP contribution in [0.3, 0.4) is 0 Å². The Hall–Kier alpha value is -1.30. The van der Waals surface area contributed by atoms with E-state index in [9.17, 15) is 4.21 Å². The van der Waals surface area contributed by atoms with Crippen LogP contribution in [0.25, 0.3) is 10.8 Å². The Morgan fingerprint density at radius 2 is 2.23 bits per heavy atom. The Morgan fingerprint density at radius 1 is 1.32 bits per heavy atom. The molecule has 0 saturated carbocycles. The van der Waals surface area contributed by atoms with Gasteiger partial charge in [0.15, 0.2) is 0 Å². The first-order valence-electron chi connectivity index (χ1n) is 8.01.